The molecule has 0 saturated carbocycles. The van der Waals surface area contributed by atoms with Crippen LogP contribution in [0.15, 0.2) is 54.9 Å². The summed E-state index contributed by atoms with van der Waals surface area (Å²) in [4.78, 5) is 10.4. The highest BCUT2D eigenvalue weighted by Crippen LogP contribution is 2.27. The van der Waals surface area contributed by atoms with E-state index in [1.54, 1.807) is 12.1 Å². The minimum atomic E-state index is 0.393. The number of hydrogen-bond donors (Lipinski definition) is 1. The van der Waals surface area contributed by atoms with E-state index in [4.69, 9.17) is 17.3 Å². The fraction of sp³-hybridized carbons (Fsp3) is 0.100. The van der Waals surface area contributed by atoms with Gasteiger partial charge < -0.3 is 10.6 Å². The Labute approximate surface area is 152 Å². The molecule has 0 amide bonds. The number of hydrogen-bond acceptors (Lipinski definition) is 4. The monoisotopic (exact) mass is 348 g/mol. The molecule has 3 aromatic rings. The molecular formula is C20H17ClN4. The smallest absolute Gasteiger partial charge is 0.135 e. The number of benzene rings is 2. The highest BCUT2D eigenvalue weighted by molar-refractivity contribution is 6.30. The van der Waals surface area contributed by atoms with Crippen LogP contribution in [0.25, 0.3) is 11.1 Å². The van der Waals surface area contributed by atoms with Crippen molar-refractivity contribution in [3.05, 3.63) is 71.1 Å². The van der Waals surface area contributed by atoms with Gasteiger partial charge in [-0.05, 0) is 47.9 Å². The van der Waals surface area contributed by atoms with Crippen LogP contribution in [0.2, 0.25) is 5.02 Å². The molecule has 0 atom stereocenters. The van der Waals surface area contributed by atoms with Gasteiger partial charge in [-0.1, -0.05) is 29.7 Å². The number of nitrogens with zero attached hydrogens (tertiary/aromatic N) is 3. The number of rotatable bonds is 2. The zero-order chi connectivity index (χ0) is 17.8. The molecule has 1 aromatic heterocycles. The van der Waals surface area contributed by atoms with Gasteiger partial charge >= 0.3 is 0 Å². The highest BCUT2D eigenvalue weighted by Gasteiger charge is 2.10. The Morgan fingerprint density at radius 2 is 1.60 bits per heavy atom. The first-order valence-electron chi connectivity index (χ1n) is 7.70. The molecule has 0 saturated heterocycles. The first-order chi connectivity index (χ1) is 12.0. The maximum atomic E-state index is 6.06. The summed E-state index contributed by atoms with van der Waals surface area (Å²) in [5.74, 6) is 6.63. The first kappa shape index (κ1) is 16.8. The van der Waals surface area contributed by atoms with Crippen LogP contribution in [0.4, 0.5) is 11.5 Å². The molecule has 0 radical (unpaired) electrons. The van der Waals surface area contributed by atoms with Crippen LogP contribution in [0.5, 0.6) is 0 Å². The third-order valence-corrected chi connectivity index (χ3v) is 3.97. The third-order valence-electron chi connectivity index (χ3n) is 3.72. The maximum Gasteiger partial charge on any atom is 0.135 e. The first-order valence-corrected chi connectivity index (χ1v) is 8.08. The number of nitrogens with two attached hydrogens (primary N) is 1. The second-order valence-electron chi connectivity index (χ2n) is 5.68. The minimum absolute atomic E-state index is 0.393. The summed E-state index contributed by atoms with van der Waals surface area (Å²) in [6, 6.07) is 15.4. The normalized spacial score (nSPS) is 10.0. The molecule has 0 aliphatic carbocycles. The molecule has 5 heteroatoms. The van der Waals surface area contributed by atoms with Crippen molar-refractivity contribution in [2.75, 3.05) is 24.7 Å². The average molecular weight is 349 g/mol. The van der Waals surface area contributed by atoms with Crippen molar-refractivity contribution in [2.24, 2.45) is 0 Å². The van der Waals surface area contributed by atoms with E-state index in [0.29, 0.717) is 16.5 Å². The summed E-state index contributed by atoms with van der Waals surface area (Å²) in [7, 11) is 4.01. The minimum Gasteiger partial charge on any atom is -0.383 e. The van der Waals surface area contributed by atoms with Crippen molar-refractivity contribution >= 4 is 23.1 Å². The molecule has 3 rings (SSSR count). The van der Waals surface area contributed by atoms with E-state index in [9.17, 15) is 0 Å². The number of nitrogen functional groups attached to an aromatic ring is 1. The fourth-order valence-corrected chi connectivity index (χ4v) is 2.50. The van der Waals surface area contributed by atoms with Gasteiger partial charge in [0.1, 0.15) is 17.8 Å². The summed E-state index contributed by atoms with van der Waals surface area (Å²) in [6.45, 7) is 0. The second kappa shape index (κ2) is 7.25. The van der Waals surface area contributed by atoms with Gasteiger partial charge in [-0.25, -0.2) is 9.97 Å². The lowest BCUT2D eigenvalue weighted by Gasteiger charge is -2.11. The third kappa shape index (κ3) is 3.90. The Bertz CT molecular complexity index is 936. The van der Waals surface area contributed by atoms with E-state index in [2.05, 4.69) is 21.8 Å². The quantitative estimate of drug-likeness (QED) is 0.715. The van der Waals surface area contributed by atoms with Crippen LogP contribution < -0.4 is 10.6 Å². The fourth-order valence-electron chi connectivity index (χ4n) is 2.37. The molecule has 0 aliphatic rings. The Balaban J connectivity index is 1.99. The number of aromatic nitrogens is 2. The van der Waals surface area contributed by atoms with Crippen molar-refractivity contribution in [1.29, 1.82) is 0 Å². The predicted molar refractivity (Wildman–Crippen MR) is 104 cm³/mol. The molecule has 0 spiro atoms. The van der Waals surface area contributed by atoms with Gasteiger partial charge in [-0.3, -0.25) is 0 Å². The molecule has 2 aromatic carbocycles. The number of halogens is 1. The lowest BCUT2D eigenvalue weighted by molar-refractivity contribution is 1.13. The van der Waals surface area contributed by atoms with Crippen LogP contribution in [0, 0.1) is 11.8 Å². The van der Waals surface area contributed by atoms with E-state index in [1.807, 2.05) is 55.4 Å². The van der Waals surface area contributed by atoms with Crippen LogP contribution >= 0.6 is 11.6 Å². The van der Waals surface area contributed by atoms with Crippen LogP contribution in [0.1, 0.15) is 11.3 Å². The standard InChI is InChI=1S/C20H17ClN4/c1-25(2)17-10-3-14(4-11-17)5-12-18-19(20(22)24-13-23-18)15-6-8-16(21)9-7-15/h3-4,6-11,13H,1-2H3,(H2,22,23,24). The summed E-state index contributed by atoms with van der Waals surface area (Å²) >= 11 is 5.96. The van der Waals surface area contributed by atoms with Gasteiger partial charge in [0.2, 0.25) is 0 Å². The van der Waals surface area contributed by atoms with E-state index in [-0.39, 0.29) is 0 Å². The Morgan fingerprint density at radius 1 is 0.920 bits per heavy atom. The average Bonchev–Trinajstić information content (AvgIpc) is 2.61. The van der Waals surface area contributed by atoms with E-state index < -0.39 is 0 Å². The molecule has 0 fully saturated rings. The van der Waals surface area contributed by atoms with E-state index >= 15 is 0 Å². The molecule has 1 heterocycles. The van der Waals surface area contributed by atoms with Gasteiger partial charge in [0.15, 0.2) is 0 Å². The molecule has 4 nitrogen and oxygen atoms in total. The van der Waals surface area contributed by atoms with Crippen LogP contribution in [0.3, 0.4) is 0 Å². The van der Waals surface area contributed by atoms with Gasteiger partial charge in [-0.2, -0.15) is 0 Å². The van der Waals surface area contributed by atoms with Crippen molar-refractivity contribution in [3.8, 4) is 23.0 Å². The van der Waals surface area contributed by atoms with Gasteiger partial charge in [0, 0.05) is 30.4 Å². The van der Waals surface area contributed by atoms with Gasteiger partial charge in [0.25, 0.3) is 0 Å². The van der Waals surface area contributed by atoms with Crippen molar-refractivity contribution in [1.82, 2.24) is 9.97 Å². The molecule has 0 aliphatic heterocycles. The van der Waals surface area contributed by atoms with Gasteiger partial charge in [-0.15, -0.1) is 0 Å². The van der Waals surface area contributed by atoms with Gasteiger partial charge in [0.05, 0.1) is 5.56 Å². The second-order valence-corrected chi connectivity index (χ2v) is 6.12. The molecule has 124 valence electrons. The molecule has 25 heavy (non-hydrogen) atoms. The zero-order valence-corrected chi connectivity index (χ0v) is 14.7. The number of anilines is 2. The summed E-state index contributed by atoms with van der Waals surface area (Å²) in [5, 5.41) is 0.660. The van der Waals surface area contributed by atoms with Crippen LogP contribution in [-0.2, 0) is 0 Å². The highest BCUT2D eigenvalue weighted by atomic mass is 35.5. The van der Waals surface area contributed by atoms with Crippen molar-refractivity contribution in [3.63, 3.8) is 0 Å². The Kier molecular flexibility index (Phi) is 4.87. The Hall–Kier alpha value is -3.03. The Morgan fingerprint density at radius 3 is 2.24 bits per heavy atom. The summed E-state index contributed by atoms with van der Waals surface area (Å²) in [6.07, 6.45) is 1.42. The summed E-state index contributed by atoms with van der Waals surface area (Å²) in [5.41, 5.74) is 10.3. The zero-order valence-electron chi connectivity index (χ0n) is 14.0. The lowest BCUT2D eigenvalue weighted by atomic mass is 10.0. The topological polar surface area (TPSA) is 55.0 Å². The van der Waals surface area contributed by atoms with E-state index in [1.165, 1.54) is 6.33 Å². The maximum absolute atomic E-state index is 6.06. The molecular weight excluding hydrogens is 332 g/mol. The predicted octanol–water partition coefficient (Wildman–Crippen LogP) is 3.85. The lowest BCUT2D eigenvalue weighted by Crippen LogP contribution is -2.07. The van der Waals surface area contributed by atoms with E-state index in [0.717, 1.165) is 22.4 Å². The SMILES string of the molecule is CN(C)c1ccc(C#Cc2ncnc(N)c2-c2ccc(Cl)cc2)cc1. The van der Waals surface area contributed by atoms with Crippen molar-refractivity contribution in [2.45, 2.75) is 0 Å². The summed E-state index contributed by atoms with van der Waals surface area (Å²) < 4.78 is 0. The molecule has 0 unspecified atom stereocenters. The van der Waals surface area contributed by atoms with Crippen LogP contribution in [-0.4, -0.2) is 24.1 Å². The largest absolute Gasteiger partial charge is 0.383 e. The molecule has 0 bridgehead atoms. The van der Waals surface area contributed by atoms with Crippen molar-refractivity contribution < 1.29 is 0 Å². The molecule has 2 N–H and O–H groups in total.